The van der Waals surface area contributed by atoms with Crippen molar-refractivity contribution in [3.05, 3.63) is 58.5 Å². The topological polar surface area (TPSA) is 67.4 Å². The van der Waals surface area contributed by atoms with Crippen molar-refractivity contribution in [1.82, 2.24) is 10.2 Å². The predicted molar refractivity (Wildman–Crippen MR) is 123 cm³/mol. The van der Waals surface area contributed by atoms with Crippen LogP contribution >= 0.6 is 0 Å². The predicted octanol–water partition coefficient (Wildman–Crippen LogP) is 5.21. The van der Waals surface area contributed by atoms with Gasteiger partial charge in [0, 0.05) is 42.3 Å². The van der Waals surface area contributed by atoms with Gasteiger partial charge in [-0.05, 0) is 44.4 Å². The first-order valence-corrected chi connectivity index (χ1v) is 11.2. The number of benzene rings is 2. The molecule has 1 N–H and O–H groups in total. The second-order valence-electron chi connectivity index (χ2n) is 9.02. The number of aryl methyl sites for hydroxylation is 1. The molecule has 3 heterocycles. The standard InChI is InChI=1S/C25H25F3N4O2/c1-13(15-5-4-6-16(21(15)26)22(27)28)29-23-18-11-19-20(12-17(18)14(2)30-31-23)32(3)24(33)25(19)7-9-34-10-8-25/h4-6,11-13,22H,7-10H2,1-3H3,(H,29,31). The Morgan fingerprint density at radius 1 is 1.12 bits per heavy atom. The molecule has 1 unspecified atom stereocenters. The van der Waals surface area contributed by atoms with E-state index in [-0.39, 0.29) is 11.5 Å². The molecule has 5 rings (SSSR count). The molecule has 0 aliphatic carbocycles. The van der Waals surface area contributed by atoms with Gasteiger partial charge in [0.1, 0.15) is 5.82 Å². The summed E-state index contributed by atoms with van der Waals surface area (Å²) in [5.41, 5.74) is 1.29. The summed E-state index contributed by atoms with van der Waals surface area (Å²) in [7, 11) is 1.78. The molecule has 1 atom stereocenters. The minimum atomic E-state index is -2.90. The van der Waals surface area contributed by atoms with Crippen LogP contribution in [0.1, 0.15) is 54.6 Å². The van der Waals surface area contributed by atoms with Gasteiger partial charge in [-0.15, -0.1) is 5.10 Å². The van der Waals surface area contributed by atoms with Crippen molar-refractivity contribution in [1.29, 1.82) is 0 Å². The highest BCUT2D eigenvalue weighted by Crippen LogP contribution is 2.49. The van der Waals surface area contributed by atoms with E-state index in [4.69, 9.17) is 4.74 Å². The monoisotopic (exact) mass is 470 g/mol. The van der Waals surface area contributed by atoms with E-state index in [9.17, 15) is 18.0 Å². The molecule has 1 saturated heterocycles. The van der Waals surface area contributed by atoms with Crippen LogP contribution in [0, 0.1) is 12.7 Å². The number of nitrogens with zero attached hydrogens (tertiary/aromatic N) is 3. The fraction of sp³-hybridized carbons (Fsp3) is 0.400. The summed E-state index contributed by atoms with van der Waals surface area (Å²) in [6.45, 7) is 4.53. The van der Waals surface area contributed by atoms with Crippen molar-refractivity contribution in [2.75, 3.05) is 30.5 Å². The van der Waals surface area contributed by atoms with Gasteiger partial charge in [-0.1, -0.05) is 18.2 Å². The number of halogens is 3. The molecule has 3 aromatic rings. The lowest BCUT2D eigenvalue weighted by molar-refractivity contribution is -0.126. The normalized spacial score (nSPS) is 18.1. The number of aromatic nitrogens is 2. The highest BCUT2D eigenvalue weighted by molar-refractivity contribution is 6.11. The summed E-state index contributed by atoms with van der Waals surface area (Å²) >= 11 is 0. The van der Waals surface area contributed by atoms with Crippen LogP contribution in [-0.4, -0.2) is 36.4 Å². The molecule has 1 aromatic heterocycles. The molecule has 34 heavy (non-hydrogen) atoms. The molecule has 2 aliphatic rings. The van der Waals surface area contributed by atoms with Crippen LogP contribution in [0.2, 0.25) is 0 Å². The average molecular weight is 470 g/mol. The molecule has 0 saturated carbocycles. The van der Waals surface area contributed by atoms with E-state index < -0.39 is 29.3 Å². The Hall–Kier alpha value is -3.20. The maximum Gasteiger partial charge on any atom is 0.266 e. The van der Waals surface area contributed by atoms with Crippen molar-refractivity contribution in [2.24, 2.45) is 0 Å². The molecule has 178 valence electrons. The Bertz CT molecular complexity index is 1290. The van der Waals surface area contributed by atoms with Gasteiger partial charge in [0.05, 0.1) is 22.7 Å². The Labute approximate surface area is 195 Å². The third-order valence-electron chi connectivity index (χ3n) is 7.13. The molecule has 1 spiro atoms. The minimum absolute atomic E-state index is 0.0495. The number of nitrogens with one attached hydrogen (secondary N) is 1. The number of fused-ring (bicyclic) bond motifs is 3. The highest BCUT2D eigenvalue weighted by atomic mass is 19.3. The number of hydrogen-bond acceptors (Lipinski definition) is 5. The van der Waals surface area contributed by atoms with Crippen LogP contribution in [0.3, 0.4) is 0 Å². The van der Waals surface area contributed by atoms with Gasteiger partial charge in [0.2, 0.25) is 5.91 Å². The zero-order valence-corrected chi connectivity index (χ0v) is 19.2. The van der Waals surface area contributed by atoms with Crippen molar-refractivity contribution >= 4 is 28.2 Å². The Balaban J connectivity index is 1.61. The van der Waals surface area contributed by atoms with Crippen molar-refractivity contribution < 1.29 is 22.7 Å². The number of hydrogen-bond donors (Lipinski definition) is 1. The Morgan fingerprint density at radius 3 is 2.53 bits per heavy atom. The van der Waals surface area contributed by atoms with Crippen molar-refractivity contribution in [3.8, 4) is 0 Å². The fourth-order valence-electron chi connectivity index (χ4n) is 5.19. The fourth-order valence-corrected chi connectivity index (χ4v) is 5.19. The number of carbonyl (C=O) groups excluding carboxylic acids is 1. The number of alkyl halides is 2. The Morgan fingerprint density at radius 2 is 1.82 bits per heavy atom. The van der Waals surface area contributed by atoms with Gasteiger partial charge in [-0.2, -0.15) is 5.10 Å². The third-order valence-corrected chi connectivity index (χ3v) is 7.13. The minimum Gasteiger partial charge on any atom is -0.381 e. The van der Waals surface area contributed by atoms with Gasteiger partial charge in [-0.25, -0.2) is 13.2 Å². The lowest BCUT2D eigenvalue weighted by atomic mass is 9.75. The van der Waals surface area contributed by atoms with Crippen molar-refractivity contribution in [2.45, 2.75) is 44.6 Å². The molecule has 1 fully saturated rings. The molecule has 9 heteroatoms. The van der Waals surface area contributed by atoms with Gasteiger partial charge >= 0.3 is 0 Å². The molecule has 0 radical (unpaired) electrons. The summed E-state index contributed by atoms with van der Waals surface area (Å²) in [5.74, 6) is -0.480. The van der Waals surface area contributed by atoms with Gasteiger partial charge < -0.3 is 15.0 Å². The number of anilines is 2. The number of ether oxygens (including phenoxy) is 1. The molecule has 1 amide bonds. The number of likely N-dealkylation sites (N-methyl/N-ethyl adjacent to an activating group) is 1. The second kappa shape index (κ2) is 8.23. The second-order valence-corrected chi connectivity index (χ2v) is 9.02. The zero-order chi connectivity index (χ0) is 24.2. The maximum atomic E-state index is 14.7. The maximum absolute atomic E-state index is 14.7. The van der Waals surface area contributed by atoms with Crippen LogP contribution in [0.5, 0.6) is 0 Å². The first-order chi connectivity index (χ1) is 16.2. The summed E-state index contributed by atoms with van der Waals surface area (Å²) in [6.07, 6.45) is -1.71. The zero-order valence-electron chi connectivity index (χ0n) is 19.2. The number of carbonyl (C=O) groups is 1. The quantitative estimate of drug-likeness (QED) is 0.567. The van der Waals surface area contributed by atoms with E-state index >= 15 is 0 Å². The largest absolute Gasteiger partial charge is 0.381 e. The van der Waals surface area contributed by atoms with E-state index in [2.05, 4.69) is 15.5 Å². The first kappa shape index (κ1) is 22.6. The lowest BCUT2D eigenvalue weighted by Gasteiger charge is -2.32. The van der Waals surface area contributed by atoms with Gasteiger partial charge in [0.25, 0.3) is 6.43 Å². The van der Waals surface area contributed by atoms with Crippen LogP contribution in [0.15, 0.2) is 30.3 Å². The van der Waals surface area contributed by atoms with Crippen LogP contribution in [0.25, 0.3) is 10.8 Å². The molecular formula is C25H25F3N4O2. The molecule has 6 nitrogen and oxygen atoms in total. The lowest BCUT2D eigenvalue weighted by Crippen LogP contribution is -2.42. The van der Waals surface area contributed by atoms with Crippen LogP contribution < -0.4 is 10.2 Å². The summed E-state index contributed by atoms with van der Waals surface area (Å²) in [6, 6.07) is 7.26. The van der Waals surface area contributed by atoms with E-state index in [1.807, 2.05) is 19.1 Å². The molecule has 2 aromatic carbocycles. The number of amides is 1. The van der Waals surface area contributed by atoms with E-state index in [1.54, 1.807) is 18.9 Å². The van der Waals surface area contributed by atoms with Crippen LogP contribution in [0.4, 0.5) is 24.7 Å². The summed E-state index contributed by atoms with van der Waals surface area (Å²) in [4.78, 5) is 15.0. The van der Waals surface area contributed by atoms with Crippen LogP contribution in [-0.2, 0) is 14.9 Å². The smallest absolute Gasteiger partial charge is 0.266 e. The molecule has 0 bridgehead atoms. The number of rotatable bonds is 4. The summed E-state index contributed by atoms with van der Waals surface area (Å²) < 4.78 is 46.7. The Kier molecular flexibility index (Phi) is 5.47. The van der Waals surface area contributed by atoms with Gasteiger partial charge in [-0.3, -0.25) is 4.79 Å². The average Bonchev–Trinajstić information content (AvgIpc) is 3.02. The highest BCUT2D eigenvalue weighted by Gasteiger charge is 2.50. The first-order valence-electron chi connectivity index (χ1n) is 11.2. The molecular weight excluding hydrogens is 445 g/mol. The third kappa shape index (κ3) is 3.33. The van der Waals surface area contributed by atoms with E-state index in [1.165, 1.54) is 12.1 Å². The van der Waals surface area contributed by atoms with Gasteiger partial charge in [0.15, 0.2) is 5.82 Å². The summed E-state index contributed by atoms with van der Waals surface area (Å²) in [5, 5.41) is 13.3. The molecule has 2 aliphatic heterocycles. The van der Waals surface area contributed by atoms with E-state index in [0.717, 1.165) is 28.1 Å². The van der Waals surface area contributed by atoms with E-state index in [0.29, 0.717) is 37.6 Å². The van der Waals surface area contributed by atoms with Crippen molar-refractivity contribution in [3.63, 3.8) is 0 Å². The SMILES string of the molecule is Cc1nnc(NC(C)c2cccc(C(F)F)c2F)c2cc3c(cc12)N(C)C(=O)C31CCOCC1.